The Kier molecular flexibility index (Phi) is 21.6. The van der Waals surface area contributed by atoms with Gasteiger partial charge in [0.1, 0.15) is 6.54 Å². The molecule has 0 saturated heterocycles. The number of aliphatic hydroxyl groups is 1. The molecule has 0 heterocycles. The van der Waals surface area contributed by atoms with Crippen LogP contribution in [0.15, 0.2) is 0 Å². The lowest BCUT2D eigenvalue weighted by molar-refractivity contribution is -0.882. The molecule has 26 heavy (non-hydrogen) atoms. The lowest BCUT2D eigenvalue weighted by Crippen LogP contribution is -3.00. The lowest BCUT2D eigenvalue weighted by atomic mass is 10.0. The van der Waals surface area contributed by atoms with Gasteiger partial charge in [-0.2, -0.15) is 0 Å². The Bertz CT molecular complexity index is 309. The third-order valence-electron chi connectivity index (χ3n) is 5.09. The number of aliphatic hydroxyl groups excluding tert-OH is 1. The second kappa shape index (κ2) is 19.8. The van der Waals surface area contributed by atoms with Crippen LogP contribution in [0.4, 0.5) is 0 Å². The number of hydrogen-bond donors (Lipinski definition) is 1. The van der Waals surface area contributed by atoms with E-state index in [1.165, 1.54) is 77.0 Å². The van der Waals surface area contributed by atoms with Crippen LogP contribution in [0.2, 0.25) is 0 Å². The van der Waals surface area contributed by atoms with Crippen molar-refractivity contribution >= 4 is 5.78 Å². The van der Waals surface area contributed by atoms with Gasteiger partial charge in [0.25, 0.3) is 0 Å². The first-order valence-electron chi connectivity index (χ1n) is 11.0. The fourth-order valence-electron chi connectivity index (χ4n) is 3.47. The maximum atomic E-state index is 12.0. The third kappa shape index (κ3) is 20.4. The third-order valence-corrected chi connectivity index (χ3v) is 5.09. The minimum atomic E-state index is 0. The van der Waals surface area contributed by atoms with Crippen molar-refractivity contribution in [3.63, 3.8) is 0 Å². The Morgan fingerprint density at radius 3 is 1.58 bits per heavy atom. The molecule has 0 aromatic rings. The van der Waals surface area contributed by atoms with E-state index in [1.807, 2.05) is 0 Å². The van der Waals surface area contributed by atoms with E-state index in [-0.39, 0.29) is 23.6 Å². The second-order valence-corrected chi connectivity index (χ2v) is 8.43. The van der Waals surface area contributed by atoms with Crippen LogP contribution in [0.25, 0.3) is 0 Å². The lowest BCUT2D eigenvalue weighted by Gasteiger charge is -2.28. The zero-order valence-corrected chi connectivity index (χ0v) is 19.5. The molecule has 0 rings (SSSR count). The summed E-state index contributed by atoms with van der Waals surface area (Å²) in [7, 11) is 4.16. The number of carbonyl (C=O) groups is 1. The Hall–Kier alpha value is 0.0700. The van der Waals surface area contributed by atoms with E-state index in [2.05, 4.69) is 21.0 Å². The maximum absolute atomic E-state index is 12.0. The van der Waals surface area contributed by atoms with Crippen molar-refractivity contribution in [2.75, 3.05) is 33.8 Å². The average Bonchev–Trinajstić information content (AvgIpc) is 2.57. The van der Waals surface area contributed by atoms with Crippen LogP contribution in [-0.2, 0) is 4.79 Å². The summed E-state index contributed by atoms with van der Waals surface area (Å²) in [5, 5.41) is 8.90. The fourth-order valence-corrected chi connectivity index (χ4v) is 3.47. The summed E-state index contributed by atoms with van der Waals surface area (Å²) >= 11 is 0. The number of ketones is 1. The van der Waals surface area contributed by atoms with Gasteiger partial charge in [0.2, 0.25) is 0 Å². The molecule has 0 amide bonds. The Labute approximate surface area is 174 Å². The summed E-state index contributed by atoms with van der Waals surface area (Å²) in [5.74, 6) is 0.381. The van der Waals surface area contributed by atoms with Crippen molar-refractivity contribution in [1.82, 2.24) is 0 Å². The molecule has 0 bridgehead atoms. The van der Waals surface area contributed by atoms with E-state index in [0.29, 0.717) is 16.8 Å². The molecule has 0 aliphatic rings. The number of likely N-dealkylation sites (N-methyl/N-ethyl adjacent to an activating group) is 1. The number of halogens is 1. The van der Waals surface area contributed by atoms with E-state index in [0.717, 1.165) is 25.8 Å². The fraction of sp³-hybridized carbons (Fsp3) is 0.955. The van der Waals surface area contributed by atoms with E-state index in [1.54, 1.807) is 0 Å². The summed E-state index contributed by atoms with van der Waals surface area (Å²) in [4.78, 5) is 12.0. The van der Waals surface area contributed by atoms with Gasteiger partial charge in [-0.25, -0.2) is 0 Å². The standard InChI is InChI=1S/C22H46NO2.BrH/c1-4-5-6-7-8-9-10-11-12-13-14-15-16-18-22(25)21-23(2,3)19-17-20-24;/h24H,4-21H2,1-3H3;1H/q+1;/p-1. The summed E-state index contributed by atoms with van der Waals surface area (Å²) in [5.41, 5.74) is 0. The predicted molar refractivity (Wildman–Crippen MR) is 109 cm³/mol. The van der Waals surface area contributed by atoms with Crippen molar-refractivity contribution in [2.45, 2.75) is 103 Å². The van der Waals surface area contributed by atoms with Crippen LogP contribution in [-0.4, -0.2) is 49.2 Å². The molecule has 0 aliphatic heterocycles. The summed E-state index contributed by atoms with van der Waals surface area (Å²) in [6, 6.07) is 0. The highest BCUT2D eigenvalue weighted by molar-refractivity contribution is 5.79. The van der Waals surface area contributed by atoms with Crippen LogP contribution in [0, 0.1) is 0 Å². The quantitative estimate of drug-likeness (QED) is 0.250. The Morgan fingerprint density at radius 1 is 0.731 bits per heavy atom. The number of rotatable bonds is 19. The molecule has 3 nitrogen and oxygen atoms in total. The van der Waals surface area contributed by atoms with E-state index < -0.39 is 0 Å². The minimum absolute atomic E-state index is 0. The van der Waals surface area contributed by atoms with Gasteiger partial charge in [-0.15, -0.1) is 0 Å². The molecule has 0 saturated carbocycles. The van der Waals surface area contributed by atoms with E-state index >= 15 is 0 Å². The summed E-state index contributed by atoms with van der Waals surface area (Å²) in [6.07, 6.45) is 19.0. The van der Waals surface area contributed by atoms with Gasteiger partial charge in [0.15, 0.2) is 5.78 Å². The first-order valence-corrected chi connectivity index (χ1v) is 11.0. The van der Waals surface area contributed by atoms with Crippen molar-refractivity contribution in [2.24, 2.45) is 0 Å². The van der Waals surface area contributed by atoms with Gasteiger partial charge in [-0.1, -0.05) is 84.0 Å². The molecule has 0 aromatic carbocycles. The van der Waals surface area contributed by atoms with E-state index in [4.69, 9.17) is 5.11 Å². The average molecular weight is 437 g/mol. The van der Waals surface area contributed by atoms with Crippen molar-refractivity contribution < 1.29 is 31.4 Å². The molecular weight excluding hydrogens is 390 g/mol. The van der Waals surface area contributed by atoms with Gasteiger partial charge < -0.3 is 26.6 Å². The molecule has 0 atom stereocenters. The van der Waals surface area contributed by atoms with Gasteiger partial charge in [0.05, 0.1) is 20.6 Å². The zero-order valence-electron chi connectivity index (χ0n) is 17.9. The number of carbonyl (C=O) groups excluding carboxylic acids is 1. The molecular formula is C22H46BrNO2. The molecule has 158 valence electrons. The zero-order chi connectivity index (χ0) is 18.8. The largest absolute Gasteiger partial charge is 1.00 e. The number of hydrogen-bond acceptors (Lipinski definition) is 2. The number of quaternary nitrogens is 1. The number of Topliss-reactive ketones (excluding diaryl/α,β-unsaturated/α-hetero) is 1. The Morgan fingerprint density at radius 2 is 1.15 bits per heavy atom. The second-order valence-electron chi connectivity index (χ2n) is 8.43. The SMILES string of the molecule is CCCCCCCCCCCCCCCC(=O)C[N+](C)(C)CCCO.[Br-]. The van der Waals surface area contributed by atoms with Gasteiger partial charge >= 0.3 is 0 Å². The Balaban J connectivity index is 0. The molecule has 0 aromatic heterocycles. The normalized spacial score (nSPS) is 11.4. The molecule has 0 radical (unpaired) electrons. The van der Waals surface area contributed by atoms with Crippen LogP contribution < -0.4 is 17.0 Å². The van der Waals surface area contributed by atoms with Crippen LogP contribution in [0.1, 0.15) is 103 Å². The summed E-state index contributed by atoms with van der Waals surface area (Å²) in [6.45, 7) is 3.98. The molecule has 0 aliphatic carbocycles. The van der Waals surface area contributed by atoms with Crippen LogP contribution in [0.3, 0.4) is 0 Å². The topological polar surface area (TPSA) is 37.3 Å². The van der Waals surface area contributed by atoms with Gasteiger partial charge in [-0.05, 0) is 6.42 Å². The smallest absolute Gasteiger partial charge is 0.186 e. The predicted octanol–water partition coefficient (Wildman–Crippen LogP) is 2.50. The highest BCUT2D eigenvalue weighted by atomic mass is 79.9. The summed E-state index contributed by atoms with van der Waals surface area (Å²) < 4.78 is 0.706. The van der Waals surface area contributed by atoms with E-state index in [9.17, 15) is 4.79 Å². The number of unbranched alkanes of at least 4 members (excludes halogenated alkanes) is 12. The van der Waals surface area contributed by atoms with Gasteiger partial charge in [-0.3, -0.25) is 4.79 Å². The first-order chi connectivity index (χ1) is 12.0. The maximum Gasteiger partial charge on any atom is 0.186 e. The molecule has 0 fully saturated rings. The highest BCUT2D eigenvalue weighted by Crippen LogP contribution is 2.13. The monoisotopic (exact) mass is 435 g/mol. The molecule has 0 unspecified atom stereocenters. The number of nitrogens with zero attached hydrogens (tertiary/aromatic N) is 1. The van der Waals surface area contributed by atoms with Crippen LogP contribution >= 0.6 is 0 Å². The highest BCUT2D eigenvalue weighted by Gasteiger charge is 2.18. The molecule has 4 heteroatoms. The van der Waals surface area contributed by atoms with Crippen molar-refractivity contribution in [3.8, 4) is 0 Å². The van der Waals surface area contributed by atoms with Crippen LogP contribution in [0.5, 0.6) is 0 Å². The minimum Gasteiger partial charge on any atom is -1.00 e. The molecule has 1 N–H and O–H groups in total. The first kappa shape index (κ1) is 28.3. The van der Waals surface area contributed by atoms with Crippen molar-refractivity contribution in [3.05, 3.63) is 0 Å². The van der Waals surface area contributed by atoms with Crippen molar-refractivity contribution in [1.29, 1.82) is 0 Å². The molecule has 0 spiro atoms. The van der Waals surface area contributed by atoms with Gasteiger partial charge in [0, 0.05) is 19.4 Å².